The molecule has 0 radical (unpaired) electrons. The Morgan fingerprint density at radius 2 is 2.00 bits per heavy atom. The molecule has 1 atom stereocenters. The number of benzene rings is 2. The second-order valence-electron chi connectivity index (χ2n) is 7.97. The number of aryl methyl sites for hydroxylation is 1. The Labute approximate surface area is 181 Å². The lowest BCUT2D eigenvalue weighted by Gasteiger charge is -2.35. The molecule has 1 amide bonds. The van der Waals surface area contributed by atoms with Crippen molar-refractivity contribution >= 4 is 12.0 Å². The molecule has 0 N–H and O–H groups in total. The number of piperidine rings is 1. The third kappa shape index (κ3) is 4.53. The van der Waals surface area contributed by atoms with Crippen LogP contribution in [0.1, 0.15) is 36.6 Å². The van der Waals surface area contributed by atoms with Gasteiger partial charge in [0.05, 0.1) is 24.8 Å². The summed E-state index contributed by atoms with van der Waals surface area (Å²) in [5.74, 6) is 0.466. The SMILES string of the molecule is COc1cc(/C=C2\CC[C@@H](C)N(Cc3ccc(F)cc3)C2=O)ccc1-n1cnc(C)c1. The molecule has 2 aromatic carbocycles. The lowest BCUT2D eigenvalue weighted by atomic mass is 9.95. The van der Waals surface area contributed by atoms with Gasteiger partial charge in [-0.05, 0) is 68.2 Å². The molecule has 31 heavy (non-hydrogen) atoms. The molecule has 0 aliphatic carbocycles. The number of nitrogens with zero attached hydrogens (tertiary/aromatic N) is 3. The van der Waals surface area contributed by atoms with Gasteiger partial charge in [0.1, 0.15) is 11.6 Å². The molecule has 4 rings (SSSR count). The maximum absolute atomic E-state index is 13.2. The van der Waals surface area contributed by atoms with E-state index in [1.807, 2.05) is 46.9 Å². The van der Waals surface area contributed by atoms with Crippen LogP contribution in [0.25, 0.3) is 11.8 Å². The lowest BCUT2D eigenvalue weighted by molar-refractivity contribution is -0.131. The van der Waals surface area contributed by atoms with Gasteiger partial charge in [-0.1, -0.05) is 18.2 Å². The summed E-state index contributed by atoms with van der Waals surface area (Å²) in [5.41, 5.74) is 4.43. The minimum atomic E-state index is -0.273. The average Bonchev–Trinajstić information content (AvgIpc) is 3.20. The zero-order valence-corrected chi connectivity index (χ0v) is 18.0. The molecule has 2 heterocycles. The first-order valence-corrected chi connectivity index (χ1v) is 10.4. The average molecular weight is 420 g/mol. The van der Waals surface area contributed by atoms with Crippen molar-refractivity contribution in [3.05, 3.63) is 83.2 Å². The van der Waals surface area contributed by atoms with Crippen LogP contribution in [-0.4, -0.2) is 33.5 Å². The van der Waals surface area contributed by atoms with Crippen molar-refractivity contribution in [1.82, 2.24) is 14.5 Å². The molecule has 0 spiro atoms. The van der Waals surface area contributed by atoms with E-state index in [4.69, 9.17) is 4.74 Å². The lowest BCUT2D eigenvalue weighted by Crippen LogP contribution is -2.42. The highest BCUT2D eigenvalue weighted by Crippen LogP contribution is 2.29. The molecule has 1 aliphatic rings. The summed E-state index contributed by atoms with van der Waals surface area (Å²) in [6.45, 7) is 4.47. The third-order valence-electron chi connectivity index (χ3n) is 5.70. The number of imidazole rings is 1. The number of likely N-dealkylation sites (tertiary alicyclic amines) is 1. The monoisotopic (exact) mass is 419 g/mol. The van der Waals surface area contributed by atoms with Crippen LogP contribution < -0.4 is 4.74 Å². The van der Waals surface area contributed by atoms with E-state index in [0.717, 1.165) is 40.9 Å². The van der Waals surface area contributed by atoms with Crippen LogP contribution >= 0.6 is 0 Å². The fourth-order valence-electron chi connectivity index (χ4n) is 3.91. The number of methoxy groups -OCH3 is 1. The molecule has 3 aromatic rings. The van der Waals surface area contributed by atoms with Crippen molar-refractivity contribution in [2.24, 2.45) is 0 Å². The molecule has 160 valence electrons. The van der Waals surface area contributed by atoms with E-state index >= 15 is 0 Å². The van der Waals surface area contributed by atoms with E-state index in [-0.39, 0.29) is 17.8 Å². The number of hydrogen-bond donors (Lipinski definition) is 0. The minimum absolute atomic E-state index is 0.0244. The normalized spacial score (nSPS) is 17.9. The Kier molecular flexibility index (Phi) is 5.89. The molecule has 1 aliphatic heterocycles. The molecule has 0 unspecified atom stereocenters. The summed E-state index contributed by atoms with van der Waals surface area (Å²) < 4.78 is 20.7. The largest absolute Gasteiger partial charge is 0.495 e. The predicted molar refractivity (Wildman–Crippen MR) is 118 cm³/mol. The number of aromatic nitrogens is 2. The number of carbonyl (C=O) groups is 1. The van der Waals surface area contributed by atoms with Crippen LogP contribution in [0.5, 0.6) is 5.75 Å². The number of hydrogen-bond acceptors (Lipinski definition) is 3. The Bertz CT molecular complexity index is 1120. The predicted octanol–water partition coefficient (Wildman–Crippen LogP) is 4.92. The first-order chi connectivity index (χ1) is 14.9. The van der Waals surface area contributed by atoms with Gasteiger partial charge in [-0.3, -0.25) is 4.79 Å². The number of rotatable bonds is 5. The van der Waals surface area contributed by atoms with E-state index in [1.54, 1.807) is 25.6 Å². The second-order valence-corrected chi connectivity index (χ2v) is 7.97. The molecule has 1 aromatic heterocycles. The summed E-state index contributed by atoms with van der Waals surface area (Å²) in [4.78, 5) is 19.3. The summed E-state index contributed by atoms with van der Waals surface area (Å²) in [6.07, 6.45) is 7.25. The second kappa shape index (κ2) is 8.76. The van der Waals surface area contributed by atoms with Gasteiger partial charge in [-0.25, -0.2) is 9.37 Å². The number of amides is 1. The fourth-order valence-corrected chi connectivity index (χ4v) is 3.91. The van der Waals surface area contributed by atoms with Gasteiger partial charge in [-0.2, -0.15) is 0 Å². The van der Waals surface area contributed by atoms with Crippen molar-refractivity contribution in [2.45, 2.75) is 39.3 Å². The van der Waals surface area contributed by atoms with Gasteiger partial charge in [0.25, 0.3) is 0 Å². The molecular weight excluding hydrogens is 393 g/mol. The Morgan fingerprint density at radius 3 is 2.68 bits per heavy atom. The van der Waals surface area contributed by atoms with Crippen LogP contribution in [0.3, 0.4) is 0 Å². The van der Waals surface area contributed by atoms with Crippen molar-refractivity contribution in [1.29, 1.82) is 0 Å². The van der Waals surface area contributed by atoms with Crippen molar-refractivity contribution < 1.29 is 13.9 Å². The molecule has 5 nitrogen and oxygen atoms in total. The van der Waals surface area contributed by atoms with Crippen molar-refractivity contribution in [3.63, 3.8) is 0 Å². The van der Waals surface area contributed by atoms with Crippen LogP contribution in [0.2, 0.25) is 0 Å². The number of carbonyl (C=O) groups excluding carboxylic acids is 1. The maximum Gasteiger partial charge on any atom is 0.250 e. The van der Waals surface area contributed by atoms with E-state index in [0.29, 0.717) is 12.3 Å². The van der Waals surface area contributed by atoms with Crippen LogP contribution in [0, 0.1) is 12.7 Å². The van der Waals surface area contributed by atoms with Gasteiger partial charge in [-0.15, -0.1) is 0 Å². The van der Waals surface area contributed by atoms with Gasteiger partial charge < -0.3 is 14.2 Å². The van der Waals surface area contributed by atoms with E-state index in [1.165, 1.54) is 12.1 Å². The van der Waals surface area contributed by atoms with E-state index in [9.17, 15) is 9.18 Å². The molecule has 1 fully saturated rings. The highest BCUT2D eigenvalue weighted by Gasteiger charge is 2.28. The molecule has 1 saturated heterocycles. The fraction of sp³-hybridized carbons (Fsp3) is 0.280. The van der Waals surface area contributed by atoms with Gasteiger partial charge in [0.15, 0.2) is 0 Å². The maximum atomic E-state index is 13.2. The standard InChI is InChI=1S/C25H26FN3O2/c1-17-14-28(16-27-17)23-11-7-20(13-24(23)31-3)12-21-8-4-18(2)29(25(21)30)15-19-5-9-22(26)10-6-19/h5-7,9-14,16,18H,4,8,15H2,1-3H3/b21-12+/t18-/m1/s1. The van der Waals surface area contributed by atoms with Gasteiger partial charge in [0.2, 0.25) is 5.91 Å². The van der Waals surface area contributed by atoms with Crippen LogP contribution in [0.15, 0.2) is 60.6 Å². The van der Waals surface area contributed by atoms with E-state index in [2.05, 4.69) is 11.9 Å². The summed E-state index contributed by atoms with van der Waals surface area (Å²) >= 11 is 0. The highest BCUT2D eigenvalue weighted by atomic mass is 19.1. The summed E-state index contributed by atoms with van der Waals surface area (Å²) in [6, 6.07) is 12.4. The van der Waals surface area contributed by atoms with Crippen LogP contribution in [0.4, 0.5) is 4.39 Å². The summed E-state index contributed by atoms with van der Waals surface area (Å²) in [7, 11) is 1.64. The quantitative estimate of drug-likeness (QED) is 0.552. The topological polar surface area (TPSA) is 47.4 Å². The van der Waals surface area contributed by atoms with E-state index < -0.39 is 0 Å². The zero-order chi connectivity index (χ0) is 22.0. The first-order valence-electron chi connectivity index (χ1n) is 10.4. The zero-order valence-electron chi connectivity index (χ0n) is 18.0. The van der Waals surface area contributed by atoms with Crippen molar-refractivity contribution in [2.75, 3.05) is 7.11 Å². The van der Waals surface area contributed by atoms with Gasteiger partial charge in [0, 0.05) is 24.4 Å². The minimum Gasteiger partial charge on any atom is -0.495 e. The molecule has 6 heteroatoms. The Balaban J connectivity index is 1.58. The third-order valence-corrected chi connectivity index (χ3v) is 5.70. The molecular formula is C25H26FN3O2. The van der Waals surface area contributed by atoms with Crippen molar-refractivity contribution in [3.8, 4) is 11.4 Å². The smallest absolute Gasteiger partial charge is 0.250 e. The highest BCUT2D eigenvalue weighted by molar-refractivity contribution is 5.98. The van der Waals surface area contributed by atoms with Crippen LogP contribution in [-0.2, 0) is 11.3 Å². The molecule has 0 bridgehead atoms. The Morgan fingerprint density at radius 1 is 1.23 bits per heavy atom. The number of halogens is 1. The number of ether oxygens (including phenoxy) is 1. The Hall–Kier alpha value is -3.41. The summed E-state index contributed by atoms with van der Waals surface area (Å²) in [5, 5.41) is 0. The first kappa shape index (κ1) is 20.8. The molecule has 0 saturated carbocycles. The van der Waals surface area contributed by atoms with Gasteiger partial charge >= 0.3 is 0 Å².